The predicted molar refractivity (Wildman–Crippen MR) is 63.2 cm³/mol. The highest BCUT2D eigenvalue weighted by Crippen LogP contribution is 2.46. The summed E-state index contributed by atoms with van der Waals surface area (Å²) in [7, 11) is -3.20. The van der Waals surface area contributed by atoms with E-state index in [0.29, 0.717) is 19.6 Å². The van der Waals surface area contributed by atoms with E-state index in [1.54, 1.807) is 4.31 Å². The van der Waals surface area contributed by atoms with Gasteiger partial charge in [0.1, 0.15) is 0 Å². The van der Waals surface area contributed by atoms with E-state index in [9.17, 15) is 8.42 Å². The van der Waals surface area contributed by atoms with Crippen LogP contribution in [-0.4, -0.2) is 37.7 Å². The first-order valence-corrected chi connectivity index (χ1v) is 7.95. The molecule has 0 bridgehead atoms. The average molecular weight is 297 g/mol. The quantitative estimate of drug-likeness (QED) is 0.772. The van der Waals surface area contributed by atoms with Crippen molar-refractivity contribution in [3.63, 3.8) is 0 Å². The monoisotopic (exact) mass is 296 g/mol. The van der Waals surface area contributed by atoms with Gasteiger partial charge < -0.3 is 0 Å². The average Bonchev–Trinajstić information content (AvgIpc) is 2.77. The second kappa shape index (κ2) is 4.31. The van der Waals surface area contributed by atoms with Crippen molar-refractivity contribution in [3.8, 4) is 0 Å². The van der Waals surface area contributed by atoms with Gasteiger partial charge in [0.05, 0.1) is 0 Å². The van der Waals surface area contributed by atoms with Gasteiger partial charge in [0.15, 0.2) is 0 Å². The molecule has 2 fully saturated rings. The van der Waals surface area contributed by atoms with E-state index in [1.165, 1.54) is 0 Å². The maximum atomic E-state index is 11.8. The number of nitrogens with zero attached hydrogens (tertiary/aromatic N) is 1. The lowest BCUT2D eigenvalue weighted by molar-refractivity contribution is 0.453. The summed E-state index contributed by atoms with van der Waals surface area (Å²) in [6.45, 7) is 1.93. The lowest BCUT2D eigenvalue weighted by atomic mass is 10.1. The number of halogens is 1. The first-order valence-electron chi connectivity index (χ1n) is 5.39. The third-order valence-electron chi connectivity index (χ3n) is 3.28. The normalized spacial score (nSPS) is 25.7. The summed E-state index contributed by atoms with van der Waals surface area (Å²) in [6, 6.07) is 0. The van der Waals surface area contributed by atoms with Crippen LogP contribution in [0, 0.1) is 5.41 Å². The molecule has 6 heteroatoms. The zero-order valence-electron chi connectivity index (χ0n) is 8.71. The van der Waals surface area contributed by atoms with Crippen LogP contribution in [0.3, 0.4) is 0 Å². The lowest BCUT2D eigenvalue weighted by Gasteiger charge is -2.18. The van der Waals surface area contributed by atoms with E-state index in [-0.39, 0.29) is 5.41 Å². The van der Waals surface area contributed by atoms with Gasteiger partial charge in [0, 0.05) is 25.0 Å². The minimum atomic E-state index is -3.20. The molecule has 2 aliphatic rings. The van der Waals surface area contributed by atoms with Gasteiger partial charge in [-0.15, -0.1) is 0 Å². The molecule has 0 aromatic heterocycles. The van der Waals surface area contributed by atoms with Crippen LogP contribution in [0.1, 0.15) is 25.7 Å². The van der Waals surface area contributed by atoms with Crippen molar-refractivity contribution in [1.29, 1.82) is 0 Å². The molecule has 1 aliphatic carbocycles. The molecule has 1 saturated heterocycles. The highest BCUT2D eigenvalue weighted by Gasteiger charge is 2.42. The van der Waals surface area contributed by atoms with Crippen LogP contribution in [0.15, 0.2) is 0 Å². The maximum Gasteiger partial charge on any atom is 0.279 e. The Bertz CT molecular complexity index is 321. The van der Waals surface area contributed by atoms with E-state index in [4.69, 9.17) is 0 Å². The lowest BCUT2D eigenvalue weighted by Crippen LogP contribution is -2.41. The molecule has 2 rings (SSSR count). The molecule has 15 heavy (non-hydrogen) atoms. The van der Waals surface area contributed by atoms with Crippen molar-refractivity contribution in [3.05, 3.63) is 0 Å². The Balaban J connectivity index is 1.87. The van der Waals surface area contributed by atoms with Crippen molar-refractivity contribution in [2.45, 2.75) is 25.7 Å². The van der Waals surface area contributed by atoms with Gasteiger partial charge >= 0.3 is 0 Å². The van der Waals surface area contributed by atoms with Gasteiger partial charge in [-0.25, -0.2) is 4.72 Å². The Morgan fingerprint density at radius 1 is 1.27 bits per heavy atom. The molecule has 0 radical (unpaired) electrons. The van der Waals surface area contributed by atoms with Gasteiger partial charge in [0.25, 0.3) is 10.2 Å². The van der Waals surface area contributed by atoms with E-state index in [1.807, 2.05) is 0 Å². The van der Waals surface area contributed by atoms with Crippen molar-refractivity contribution >= 4 is 26.1 Å². The molecule has 1 N–H and O–H groups in total. The zero-order valence-corrected chi connectivity index (χ0v) is 11.1. The van der Waals surface area contributed by atoms with Crippen LogP contribution < -0.4 is 4.72 Å². The Hall–Kier alpha value is 0.350. The minimum absolute atomic E-state index is 0.201. The van der Waals surface area contributed by atoms with Crippen LogP contribution in [0.2, 0.25) is 0 Å². The van der Waals surface area contributed by atoms with Gasteiger partial charge in [0.2, 0.25) is 0 Å². The summed E-state index contributed by atoms with van der Waals surface area (Å²) in [4.78, 5) is 0. The number of hydrogen-bond donors (Lipinski definition) is 1. The number of rotatable bonds is 5. The number of hydrogen-bond acceptors (Lipinski definition) is 2. The fraction of sp³-hybridized carbons (Fsp3) is 1.00. The third-order valence-corrected chi connectivity index (χ3v) is 6.02. The fourth-order valence-corrected chi connectivity index (χ4v) is 3.97. The Morgan fingerprint density at radius 2 is 1.87 bits per heavy atom. The molecule has 0 aromatic rings. The smallest absolute Gasteiger partial charge is 0.202 e. The van der Waals surface area contributed by atoms with Gasteiger partial charge in [-0.3, -0.25) is 0 Å². The second-order valence-corrected chi connectivity index (χ2v) is 6.88. The van der Waals surface area contributed by atoms with E-state index in [0.717, 1.165) is 31.0 Å². The van der Waals surface area contributed by atoms with E-state index >= 15 is 0 Å². The maximum absolute atomic E-state index is 11.8. The first-order chi connectivity index (χ1) is 7.08. The van der Waals surface area contributed by atoms with Crippen molar-refractivity contribution in [1.82, 2.24) is 9.03 Å². The summed E-state index contributed by atoms with van der Waals surface area (Å²) in [6.07, 6.45) is 4.23. The van der Waals surface area contributed by atoms with Crippen LogP contribution in [-0.2, 0) is 10.2 Å². The van der Waals surface area contributed by atoms with Crippen molar-refractivity contribution in [2.75, 3.05) is 25.0 Å². The Kier molecular flexibility index (Phi) is 3.40. The number of alkyl halides is 1. The third kappa shape index (κ3) is 2.72. The summed E-state index contributed by atoms with van der Waals surface area (Å²) in [5.41, 5.74) is 0.201. The fourth-order valence-electron chi connectivity index (χ4n) is 1.80. The molecule has 0 atom stereocenters. The Morgan fingerprint density at radius 3 is 2.33 bits per heavy atom. The molecule has 1 saturated carbocycles. The summed E-state index contributed by atoms with van der Waals surface area (Å²) >= 11 is 3.44. The Labute approximate surface area is 99.7 Å². The minimum Gasteiger partial charge on any atom is -0.202 e. The van der Waals surface area contributed by atoms with E-state index in [2.05, 4.69) is 20.7 Å². The molecule has 0 amide bonds. The standard InChI is InChI=1S/C9H17BrN2O2S/c10-7-9(3-4-9)8-11-15(13,14)12-5-1-2-6-12/h11H,1-8H2. The topological polar surface area (TPSA) is 49.4 Å². The second-order valence-electron chi connectivity index (χ2n) is 4.57. The summed E-state index contributed by atoms with van der Waals surface area (Å²) < 4.78 is 27.9. The van der Waals surface area contributed by atoms with Crippen LogP contribution in [0.4, 0.5) is 0 Å². The van der Waals surface area contributed by atoms with E-state index < -0.39 is 10.2 Å². The van der Waals surface area contributed by atoms with Crippen LogP contribution in [0.25, 0.3) is 0 Å². The molecule has 88 valence electrons. The molecule has 1 heterocycles. The summed E-state index contributed by atoms with van der Waals surface area (Å²) in [5, 5.41) is 0.891. The predicted octanol–water partition coefficient (Wildman–Crippen LogP) is 1.09. The highest BCUT2D eigenvalue weighted by atomic mass is 79.9. The largest absolute Gasteiger partial charge is 0.279 e. The molecule has 4 nitrogen and oxygen atoms in total. The molecular formula is C9H17BrN2O2S. The first kappa shape index (κ1) is 11.8. The van der Waals surface area contributed by atoms with Gasteiger partial charge in [-0.2, -0.15) is 12.7 Å². The molecule has 0 unspecified atom stereocenters. The molecule has 0 spiro atoms. The molecule has 1 aliphatic heterocycles. The SMILES string of the molecule is O=S(=O)(NCC1(CBr)CC1)N1CCCC1. The summed E-state index contributed by atoms with van der Waals surface area (Å²) in [5.74, 6) is 0. The van der Waals surface area contributed by atoms with Gasteiger partial charge in [-0.05, 0) is 31.1 Å². The highest BCUT2D eigenvalue weighted by molar-refractivity contribution is 9.09. The molecule has 0 aromatic carbocycles. The van der Waals surface area contributed by atoms with Crippen LogP contribution >= 0.6 is 15.9 Å². The van der Waals surface area contributed by atoms with Crippen LogP contribution in [0.5, 0.6) is 0 Å². The number of nitrogens with one attached hydrogen (secondary N) is 1. The van der Waals surface area contributed by atoms with Gasteiger partial charge in [-0.1, -0.05) is 15.9 Å². The van der Waals surface area contributed by atoms with Crippen molar-refractivity contribution in [2.24, 2.45) is 5.41 Å². The zero-order chi connectivity index (χ0) is 10.9. The van der Waals surface area contributed by atoms with Crippen molar-refractivity contribution < 1.29 is 8.42 Å². The molecular weight excluding hydrogens is 280 g/mol.